The van der Waals surface area contributed by atoms with E-state index in [-0.39, 0.29) is 13.0 Å². The second-order valence-electron chi connectivity index (χ2n) is 6.87. The molecule has 0 radical (unpaired) electrons. The quantitative estimate of drug-likeness (QED) is 0.238. The summed E-state index contributed by atoms with van der Waals surface area (Å²) in [6.45, 7) is 1.72. The SMILES string of the molecule is CCCCCCC(=O)C(OP(=O)(O)OCC[N+](C)(C)C)[C@@H](O)CO. The Bertz CT molecular complexity index is 411. The van der Waals surface area contributed by atoms with Crippen LogP contribution in [0.5, 0.6) is 0 Å². The molecule has 24 heavy (non-hydrogen) atoms. The van der Waals surface area contributed by atoms with E-state index in [1.165, 1.54) is 0 Å². The van der Waals surface area contributed by atoms with E-state index in [1.807, 2.05) is 28.1 Å². The number of ketones is 1. The zero-order valence-electron chi connectivity index (χ0n) is 15.2. The van der Waals surface area contributed by atoms with Crippen LogP contribution in [-0.4, -0.2) is 78.5 Å². The van der Waals surface area contributed by atoms with Gasteiger partial charge in [0, 0.05) is 6.42 Å². The molecule has 2 unspecified atom stereocenters. The van der Waals surface area contributed by atoms with E-state index in [2.05, 4.69) is 0 Å². The zero-order valence-corrected chi connectivity index (χ0v) is 16.1. The number of Topliss-reactive ketones (excluding diaryl/α,β-unsaturated/α-hetero) is 1. The van der Waals surface area contributed by atoms with Crippen molar-refractivity contribution in [2.24, 2.45) is 0 Å². The van der Waals surface area contributed by atoms with Gasteiger partial charge in [0.2, 0.25) is 0 Å². The first-order valence-electron chi connectivity index (χ1n) is 8.30. The predicted octanol–water partition coefficient (Wildman–Crippen LogP) is 1.09. The molecule has 8 nitrogen and oxygen atoms in total. The van der Waals surface area contributed by atoms with Crippen molar-refractivity contribution in [2.75, 3.05) is 40.9 Å². The predicted molar refractivity (Wildman–Crippen MR) is 90.4 cm³/mol. The fraction of sp³-hybridized carbons (Fsp3) is 0.933. The Kier molecular flexibility index (Phi) is 11.1. The number of nitrogens with zero attached hydrogens (tertiary/aromatic N) is 1. The number of phosphoric ester groups is 1. The lowest BCUT2D eigenvalue weighted by Crippen LogP contribution is -2.39. The molecule has 0 aromatic carbocycles. The first-order chi connectivity index (χ1) is 11.0. The lowest BCUT2D eigenvalue weighted by molar-refractivity contribution is -0.870. The number of aliphatic hydroxyl groups is 2. The first kappa shape index (κ1) is 23.7. The summed E-state index contributed by atoms with van der Waals surface area (Å²) in [5, 5.41) is 18.8. The van der Waals surface area contributed by atoms with Crippen LogP contribution in [0.4, 0.5) is 0 Å². The summed E-state index contributed by atoms with van der Waals surface area (Å²) >= 11 is 0. The van der Waals surface area contributed by atoms with Gasteiger partial charge in [-0.2, -0.15) is 0 Å². The van der Waals surface area contributed by atoms with Gasteiger partial charge in [-0.15, -0.1) is 0 Å². The second kappa shape index (κ2) is 11.3. The molecule has 144 valence electrons. The fourth-order valence-electron chi connectivity index (χ4n) is 1.91. The zero-order chi connectivity index (χ0) is 18.8. The van der Waals surface area contributed by atoms with Crippen LogP contribution in [-0.2, 0) is 18.4 Å². The monoisotopic (exact) mass is 370 g/mol. The number of rotatable bonds is 14. The van der Waals surface area contributed by atoms with Crippen LogP contribution in [0.2, 0.25) is 0 Å². The molecule has 0 aromatic rings. The standard InChI is InChI=1S/C15H32NO7P/c1-5-6-7-8-9-13(18)15(14(19)12-17)23-24(20,21)22-11-10-16(2,3)4/h14-15,17,19H,5-12H2,1-4H3/p+1/t14-,15?/m0/s1. The van der Waals surface area contributed by atoms with E-state index < -0.39 is 32.4 Å². The molecule has 0 rings (SSSR count). The summed E-state index contributed by atoms with van der Waals surface area (Å²) in [6, 6.07) is 0. The summed E-state index contributed by atoms with van der Waals surface area (Å²) in [5.41, 5.74) is 0. The minimum atomic E-state index is -4.50. The molecule has 0 aliphatic rings. The number of carbonyl (C=O) groups is 1. The smallest absolute Gasteiger partial charge is 0.394 e. The molecule has 0 aliphatic heterocycles. The number of quaternary nitrogens is 1. The van der Waals surface area contributed by atoms with Crippen molar-refractivity contribution in [2.45, 2.75) is 51.2 Å². The molecule has 3 N–H and O–H groups in total. The third kappa shape index (κ3) is 11.3. The maximum atomic E-state index is 12.1. The summed E-state index contributed by atoms with van der Waals surface area (Å²) in [6.07, 6.45) is 0.417. The summed E-state index contributed by atoms with van der Waals surface area (Å²) in [4.78, 5) is 21.9. The molecular formula is C15H33NO7P+. The number of unbranched alkanes of at least 4 members (excludes halogenated alkanes) is 3. The minimum absolute atomic E-state index is 0.0378. The van der Waals surface area contributed by atoms with E-state index in [0.29, 0.717) is 17.4 Å². The van der Waals surface area contributed by atoms with E-state index >= 15 is 0 Å². The average molecular weight is 370 g/mol. The maximum absolute atomic E-state index is 12.1. The lowest BCUT2D eigenvalue weighted by atomic mass is 10.0. The highest BCUT2D eigenvalue weighted by atomic mass is 31.2. The van der Waals surface area contributed by atoms with Gasteiger partial charge in [0.25, 0.3) is 0 Å². The highest BCUT2D eigenvalue weighted by Crippen LogP contribution is 2.45. The van der Waals surface area contributed by atoms with E-state index in [1.54, 1.807) is 0 Å². The minimum Gasteiger partial charge on any atom is -0.394 e. The number of hydrogen-bond donors (Lipinski definition) is 3. The van der Waals surface area contributed by atoms with Crippen molar-refractivity contribution in [3.8, 4) is 0 Å². The number of hydrogen-bond acceptors (Lipinski definition) is 6. The molecule has 3 atom stereocenters. The fourth-order valence-corrected chi connectivity index (χ4v) is 2.83. The Morgan fingerprint density at radius 1 is 1.21 bits per heavy atom. The van der Waals surface area contributed by atoms with Crippen molar-refractivity contribution in [1.82, 2.24) is 0 Å². The van der Waals surface area contributed by atoms with Crippen molar-refractivity contribution in [3.63, 3.8) is 0 Å². The van der Waals surface area contributed by atoms with Crippen LogP contribution in [0.15, 0.2) is 0 Å². The number of likely N-dealkylation sites (N-methyl/N-ethyl adjacent to an activating group) is 1. The van der Waals surface area contributed by atoms with E-state index in [0.717, 1.165) is 19.3 Å². The first-order valence-corrected chi connectivity index (χ1v) is 9.79. The maximum Gasteiger partial charge on any atom is 0.473 e. The Morgan fingerprint density at radius 3 is 2.33 bits per heavy atom. The molecule has 0 saturated carbocycles. The van der Waals surface area contributed by atoms with Crippen LogP contribution >= 0.6 is 7.82 Å². The molecule has 0 aliphatic carbocycles. The number of phosphoric acid groups is 1. The third-order valence-corrected chi connectivity index (χ3v) is 4.40. The van der Waals surface area contributed by atoms with Gasteiger partial charge < -0.3 is 19.6 Å². The molecule has 0 fully saturated rings. The third-order valence-electron chi connectivity index (χ3n) is 3.39. The van der Waals surface area contributed by atoms with Gasteiger partial charge in [-0.25, -0.2) is 4.57 Å². The van der Waals surface area contributed by atoms with Gasteiger partial charge in [-0.1, -0.05) is 26.2 Å². The van der Waals surface area contributed by atoms with Crippen LogP contribution in [0, 0.1) is 0 Å². The van der Waals surface area contributed by atoms with Gasteiger partial charge in [0.1, 0.15) is 19.3 Å². The highest BCUT2D eigenvalue weighted by molar-refractivity contribution is 7.47. The largest absolute Gasteiger partial charge is 0.473 e. The van der Waals surface area contributed by atoms with Gasteiger partial charge in [-0.05, 0) is 6.42 Å². The number of aliphatic hydroxyl groups excluding tert-OH is 2. The van der Waals surface area contributed by atoms with Crippen LogP contribution in [0.3, 0.4) is 0 Å². The molecule has 0 heterocycles. The molecule has 0 spiro atoms. The van der Waals surface area contributed by atoms with Gasteiger partial charge in [0.15, 0.2) is 11.9 Å². The Hall–Kier alpha value is -0.340. The van der Waals surface area contributed by atoms with Gasteiger partial charge >= 0.3 is 7.82 Å². The van der Waals surface area contributed by atoms with Gasteiger partial charge in [-0.3, -0.25) is 13.8 Å². The molecule has 0 bridgehead atoms. The van der Waals surface area contributed by atoms with Crippen molar-refractivity contribution in [3.05, 3.63) is 0 Å². The highest BCUT2D eigenvalue weighted by Gasteiger charge is 2.35. The molecule has 0 aromatic heterocycles. The Balaban J connectivity index is 4.64. The molecule has 9 heteroatoms. The molecular weight excluding hydrogens is 337 g/mol. The summed E-state index contributed by atoms with van der Waals surface area (Å²) in [5.74, 6) is -0.517. The van der Waals surface area contributed by atoms with Crippen LogP contribution < -0.4 is 0 Å². The topological polar surface area (TPSA) is 113 Å². The van der Waals surface area contributed by atoms with Gasteiger partial charge in [0.05, 0.1) is 27.7 Å². The average Bonchev–Trinajstić information content (AvgIpc) is 2.46. The van der Waals surface area contributed by atoms with Crippen molar-refractivity contribution >= 4 is 13.6 Å². The molecule has 0 amide bonds. The van der Waals surface area contributed by atoms with Crippen molar-refractivity contribution in [1.29, 1.82) is 0 Å². The summed E-state index contributed by atoms with van der Waals surface area (Å²) in [7, 11) is 1.18. The second-order valence-corrected chi connectivity index (χ2v) is 8.27. The van der Waals surface area contributed by atoms with Crippen LogP contribution in [0.1, 0.15) is 39.0 Å². The lowest BCUT2D eigenvalue weighted by Gasteiger charge is -2.26. The Morgan fingerprint density at radius 2 is 1.83 bits per heavy atom. The summed E-state index contributed by atoms with van der Waals surface area (Å²) < 4.78 is 22.2. The van der Waals surface area contributed by atoms with E-state index in [9.17, 15) is 19.4 Å². The normalized spacial score (nSPS) is 17.3. The number of carbonyl (C=O) groups excluding carboxylic acids is 1. The van der Waals surface area contributed by atoms with Crippen molar-refractivity contribution < 1.29 is 38.0 Å². The van der Waals surface area contributed by atoms with Crippen LogP contribution in [0.25, 0.3) is 0 Å². The Labute approximate surface area is 144 Å². The van der Waals surface area contributed by atoms with E-state index in [4.69, 9.17) is 14.2 Å². The molecule has 0 saturated heterocycles.